The van der Waals surface area contributed by atoms with Gasteiger partial charge < -0.3 is 14.9 Å². The number of methoxy groups -OCH3 is 2. The largest absolute Gasteiger partial charge is 0.496 e. The first kappa shape index (κ1) is 57.7. The number of carbonyl (C=O) groups excluding carboxylic acids is 4. The van der Waals surface area contributed by atoms with Gasteiger partial charge in [0.05, 0.1) is 37.4 Å². The molecule has 352 valence electrons. The van der Waals surface area contributed by atoms with E-state index in [0.717, 1.165) is 27.8 Å². The van der Waals surface area contributed by atoms with Crippen LogP contribution in [0.25, 0.3) is 0 Å². The van der Waals surface area contributed by atoms with Crippen LogP contribution >= 0.6 is 34.8 Å². The lowest BCUT2D eigenvalue weighted by atomic mass is 9.90. The van der Waals surface area contributed by atoms with Crippen molar-refractivity contribution in [1.29, 1.82) is 10.5 Å². The number of halogens is 3. The molecule has 3 amide bonds. The highest BCUT2D eigenvalue weighted by Crippen LogP contribution is 2.30. The topological polar surface area (TPSA) is 174 Å². The summed E-state index contributed by atoms with van der Waals surface area (Å²) < 4.78 is 10.5. The molecule has 0 bridgehead atoms. The van der Waals surface area contributed by atoms with Gasteiger partial charge >= 0.3 is 0 Å². The van der Waals surface area contributed by atoms with Crippen molar-refractivity contribution in [3.8, 4) is 23.6 Å². The zero-order valence-electron chi connectivity index (χ0n) is 40.2. The molecule has 15 heteroatoms. The summed E-state index contributed by atoms with van der Waals surface area (Å²) in [5.74, 6) is 0.0635. The average Bonchev–Trinajstić information content (AvgIpc) is 3.22. The van der Waals surface area contributed by atoms with Crippen molar-refractivity contribution in [2.75, 3.05) is 19.6 Å². The van der Waals surface area contributed by atoms with Gasteiger partial charge in [0.1, 0.15) is 11.5 Å². The Hall–Kier alpha value is -6.31. The SMILES string of the molecule is COc1cccc(C(=O)NN(C(=O)c2cc(C)cc(C)c2)/C(=C\C#N)C(C)(C)C)c1C.COc1cccc(C(=O)NN/C(=C/C#N)C(C)(C)C)c1C.Cc1cc(C)cc(C(=O)Cl)c1.ClCCl. The quantitative estimate of drug-likeness (QED) is 0.0638. The number of allylic oxidation sites excluding steroid dienone is 4. The summed E-state index contributed by atoms with van der Waals surface area (Å²) in [5, 5.41) is 19.1. The number of amides is 3. The molecule has 0 aliphatic carbocycles. The Morgan fingerprint density at radius 3 is 1.41 bits per heavy atom. The second-order valence-electron chi connectivity index (χ2n) is 16.9. The number of nitrogens with zero attached hydrogens (tertiary/aromatic N) is 3. The summed E-state index contributed by atoms with van der Waals surface area (Å²) in [6.45, 7) is 22.8. The lowest BCUT2D eigenvalue weighted by Gasteiger charge is -2.33. The van der Waals surface area contributed by atoms with Crippen LogP contribution in [-0.2, 0) is 0 Å². The number of nitrogens with one attached hydrogen (secondary N) is 3. The number of carbonyl (C=O) groups is 4. The first-order valence-electron chi connectivity index (χ1n) is 20.5. The molecule has 0 radical (unpaired) electrons. The van der Waals surface area contributed by atoms with Gasteiger partial charge in [0.25, 0.3) is 23.0 Å². The van der Waals surface area contributed by atoms with Gasteiger partial charge in [-0.25, -0.2) is 5.01 Å². The predicted molar refractivity (Wildman–Crippen MR) is 265 cm³/mol. The Morgan fingerprint density at radius 2 is 1.05 bits per heavy atom. The number of nitriles is 2. The first-order chi connectivity index (χ1) is 30.8. The maximum atomic E-state index is 13.5. The molecule has 0 atom stereocenters. The van der Waals surface area contributed by atoms with Gasteiger partial charge in [-0.2, -0.15) is 10.5 Å². The molecule has 0 aliphatic rings. The van der Waals surface area contributed by atoms with Gasteiger partial charge in [-0.05, 0) is 102 Å². The molecule has 0 fully saturated rings. The Bertz CT molecular complexity index is 2450. The fraction of sp³-hybridized carbons (Fsp3) is 0.333. The molecule has 4 aromatic carbocycles. The zero-order chi connectivity index (χ0) is 50.5. The van der Waals surface area contributed by atoms with Crippen LogP contribution < -0.4 is 25.8 Å². The van der Waals surface area contributed by atoms with Gasteiger partial charge in [-0.1, -0.05) is 88.1 Å². The van der Waals surface area contributed by atoms with E-state index in [1.807, 2.05) is 100 Å². The molecular formula is C51H61Cl3N6O6. The summed E-state index contributed by atoms with van der Waals surface area (Å²) in [6.07, 6.45) is 2.68. The number of hydrogen-bond donors (Lipinski definition) is 3. The van der Waals surface area contributed by atoms with E-state index in [9.17, 15) is 24.4 Å². The number of ether oxygens (including phenoxy) is 2. The first-order valence-corrected chi connectivity index (χ1v) is 21.9. The average molecular weight is 960 g/mol. The van der Waals surface area contributed by atoms with Crippen molar-refractivity contribution in [3.63, 3.8) is 0 Å². The molecule has 0 aliphatic heterocycles. The Morgan fingerprint density at radius 1 is 0.636 bits per heavy atom. The van der Waals surface area contributed by atoms with Gasteiger partial charge in [0.15, 0.2) is 0 Å². The highest BCUT2D eigenvalue weighted by molar-refractivity contribution is 6.67. The van der Waals surface area contributed by atoms with E-state index in [1.165, 1.54) is 24.3 Å². The Kier molecular flexibility index (Phi) is 23.8. The molecule has 66 heavy (non-hydrogen) atoms. The Labute approximate surface area is 405 Å². The fourth-order valence-electron chi connectivity index (χ4n) is 6.23. The van der Waals surface area contributed by atoms with Gasteiger partial charge in [-0.15, -0.1) is 23.2 Å². The molecule has 12 nitrogen and oxygen atoms in total. The highest BCUT2D eigenvalue weighted by Gasteiger charge is 2.31. The van der Waals surface area contributed by atoms with Crippen molar-refractivity contribution in [2.45, 2.75) is 83.1 Å². The van der Waals surface area contributed by atoms with Crippen LogP contribution in [0.2, 0.25) is 0 Å². The van der Waals surface area contributed by atoms with E-state index in [0.29, 0.717) is 50.7 Å². The molecular weight excluding hydrogens is 899 g/mol. The van der Waals surface area contributed by atoms with Crippen molar-refractivity contribution in [1.82, 2.24) is 21.3 Å². The second kappa shape index (κ2) is 27.2. The van der Waals surface area contributed by atoms with Crippen LogP contribution in [-0.4, -0.2) is 47.5 Å². The van der Waals surface area contributed by atoms with Crippen LogP contribution in [0, 0.1) is 75.0 Å². The molecule has 0 spiro atoms. The molecule has 0 aromatic heterocycles. The minimum atomic E-state index is -0.582. The maximum absolute atomic E-state index is 13.5. The number of aryl methyl sites for hydroxylation is 4. The predicted octanol–water partition coefficient (Wildman–Crippen LogP) is 11.7. The molecule has 3 N–H and O–H groups in total. The van der Waals surface area contributed by atoms with E-state index in [1.54, 1.807) is 74.7 Å². The van der Waals surface area contributed by atoms with Gasteiger partial charge in [-0.3, -0.25) is 30.0 Å². The Balaban J connectivity index is 0.000000532. The summed E-state index contributed by atoms with van der Waals surface area (Å²) in [7, 11) is 3.10. The molecule has 0 heterocycles. The lowest BCUT2D eigenvalue weighted by molar-refractivity contribution is 0.0610. The molecule has 0 unspecified atom stereocenters. The van der Waals surface area contributed by atoms with Crippen LogP contribution in [0.1, 0.15) is 116 Å². The number of hydrogen-bond acceptors (Lipinski definition) is 9. The van der Waals surface area contributed by atoms with E-state index in [2.05, 4.69) is 16.3 Å². The monoisotopic (exact) mass is 958 g/mol. The van der Waals surface area contributed by atoms with E-state index in [4.69, 9.17) is 49.5 Å². The summed E-state index contributed by atoms with van der Waals surface area (Å²) in [6, 6.07) is 25.5. The molecule has 0 saturated heterocycles. The van der Waals surface area contributed by atoms with Crippen LogP contribution in [0.5, 0.6) is 11.5 Å². The summed E-state index contributed by atoms with van der Waals surface area (Å²) in [4.78, 5) is 49.6. The van der Waals surface area contributed by atoms with Crippen molar-refractivity contribution in [2.24, 2.45) is 10.8 Å². The zero-order valence-corrected chi connectivity index (χ0v) is 42.5. The van der Waals surface area contributed by atoms with E-state index >= 15 is 0 Å². The number of benzene rings is 4. The summed E-state index contributed by atoms with van der Waals surface area (Å²) >= 11 is 14.8. The summed E-state index contributed by atoms with van der Waals surface area (Å²) in [5.41, 5.74) is 15.6. The molecule has 4 aromatic rings. The minimum absolute atomic E-state index is 0.194. The second-order valence-corrected chi connectivity index (χ2v) is 18.1. The number of rotatable bonds is 9. The third kappa shape index (κ3) is 18.3. The normalized spacial score (nSPS) is 11.0. The lowest BCUT2D eigenvalue weighted by Crippen LogP contribution is -2.48. The third-order valence-electron chi connectivity index (χ3n) is 9.37. The van der Waals surface area contributed by atoms with Crippen molar-refractivity contribution in [3.05, 3.63) is 152 Å². The van der Waals surface area contributed by atoms with Crippen LogP contribution in [0.3, 0.4) is 0 Å². The van der Waals surface area contributed by atoms with Gasteiger partial charge in [0.2, 0.25) is 0 Å². The fourth-order valence-corrected chi connectivity index (χ4v) is 6.34. The number of hydrazine groups is 2. The number of alkyl halides is 2. The van der Waals surface area contributed by atoms with Gasteiger partial charge in [0, 0.05) is 62.1 Å². The van der Waals surface area contributed by atoms with Crippen LogP contribution in [0.4, 0.5) is 0 Å². The standard InChI is InChI=1S/C25H29N3O3.C16H21N3O2.C9H9ClO.CH2Cl2/c1-16-13-17(2)15-19(14-16)24(30)28(22(11-12-26)25(4,5)6)27-23(29)20-9-8-10-21(31-7)18(20)3;1-11-12(7-6-8-13(11)21-5)15(20)19-18-14(9-10-17)16(2,3)4;1-6-3-7(2)5-8(4-6)9(10)11;2-1-3/h8-11,13-15H,1-7H3,(H,27,29);6-9,18H,1-5H3,(H,19,20);3-5H,1-2H3;1H2/b22-11-;14-9+;;. The van der Waals surface area contributed by atoms with Crippen LogP contribution in [0.15, 0.2) is 96.3 Å². The molecule has 4 rings (SSSR count). The van der Waals surface area contributed by atoms with E-state index < -0.39 is 22.5 Å². The highest BCUT2D eigenvalue weighted by atomic mass is 35.5. The van der Waals surface area contributed by atoms with Crippen molar-refractivity contribution >= 4 is 57.8 Å². The minimum Gasteiger partial charge on any atom is -0.496 e. The van der Waals surface area contributed by atoms with E-state index in [-0.39, 0.29) is 16.7 Å². The smallest absolute Gasteiger partial charge is 0.276 e. The maximum Gasteiger partial charge on any atom is 0.276 e. The third-order valence-corrected chi connectivity index (χ3v) is 9.59. The molecule has 0 saturated carbocycles. The van der Waals surface area contributed by atoms with Crippen molar-refractivity contribution < 1.29 is 28.7 Å².